The van der Waals surface area contributed by atoms with Crippen LogP contribution in [0.15, 0.2) is 33.6 Å². The van der Waals surface area contributed by atoms with Gasteiger partial charge in [-0.1, -0.05) is 12.1 Å². The number of hydrogen-bond acceptors (Lipinski definition) is 6. The molecule has 142 valence electrons. The number of methoxy groups -OCH3 is 1. The lowest BCUT2D eigenvalue weighted by Gasteiger charge is -2.12. The van der Waals surface area contributed by atoms with E-state index in [-0.39, 0.29) is 4.90 Å². The second kappa shape index (κ2) is 6.41. The average Bonchev–Trinajstić information content (AvgIpc) is 3.28. The summed E-state index contributed by atoms with van der Waals surface area (Å²) >= 11 is 0. The second-order valence-electron chi connectivity index (χ2n) is 6.60. The van der Waals surface area contributed by atoms with Crippen LogP contribution >= 0.6 is 0 Å². The van der Waals surface area contributed by atoms with Gasteiger partial charge in [0.25, 0.3) is 15.9 Å². The second-order valence-corrected chi connectivity index (χ2v) is 8.22. The summed E-state index contributed by atoms with van der Waals surface area (Å²) in [6.45, 7) is 3.42. The highest BCUT2D eigenvalue weighted by Crippen LogP contribution is 2.40. The first-order valence-corrected chi connectivity index (χ1v) is 10.1. The number of aromatic amines is 1. The molecule has 27 heavy (non-hydrogen) atoms. The predicted octanol–water partition coefficient (Wildman–Crippen LogP) is 3.37. The van der Waals surface area contributed by atoms with Crippen LogP contribution in [0.2, 0.25) is 0 Å². The Bertz CT molecular complexity index is 1100. The zero-order valence-corrected chi connectivity index (χ0v) is 16.1. The quantitative estimate of drug-likeness (QED) is 0.670. The number of ether oxygens (including phenoxy) is 1. The van der Waals surface area contributed by atoms with Crippen molar-refractivity contribution in [2.24, 2.45) is 0 Å². The van der Waals surface area contributed by atoms with Gasteiger partial charge in [0.05, 0.1) is 12.8 Å². The summed E-state index contributed by atoms with van der Waals surface area (Å²) in [5.74, 6) is 1.68. The van der Waals surface area contributed by atoms with Crippen molar-refractivity contribution in [3.63, 3.8) is 0 Å². The highest BCUT2D eigenvalue weighted by molar-refractivity contribution is 7.92. The van der Waals surface area contributed by atoms with Crippen molar-refractivity contribution in [3.05, 3.63) is 41.4 Å². The van der Waals surface area contributed by atoms with Gasteiger partial charge in [-0.05, 0) is 38.8 Å². The van der Waals surface area contributed by atoms with Crippen LogP contribution in [-0.4, -0.2) is 30.7 Å². The third kappa shape index (κ3) is 3.18. The van der Waals surface area contributed by atoms with Crippen molar-refractivity contribution in [1.29, 1.82) is 0 Å². The SMILES string of the molecule is COc1ccccc1NS(=O)(=O)c1c(C)[nH]c(-c2nnc(C3CC3)o2)c1C. The van der Waals surface area contributed by atoms with Gasteiger partial charge in [-0.15, -0.1) is 10.2 Å². The molecule has 0 bridgehead atoms. The Hall–Kier alpha value is -2.81. The molecule has 1 aliphatic carbocycles. The molecule has 0 atom stereocenters. The maximum atomic E-state index is 13.0. The van der Waals surface area contributed by atoms with Gasteiger partial charge in [0.15, 0.2) is 0 Å². The lowest BCUT2D eigenvalue weighted by Crippen LogP contribution is -2.15. The normalized spacial score (nSPS) is 14.3. The first-order valence-electron chi connectivity index (χ1n) is 8.59. The zero-order chi connectivity index (χ0) is 19.2. The number of hydrogen-bond donors (Lipinski definition) is 2. The van der Waals surface area contributed by atoms with Crippen LogP contribution in [0, 0.1) is 13.8 Å². The van der Waals surface area contributed by atoms with Gasteiger partial charge in [-0.2, -0.15) is 0 Å². The number of para-hydroxylation sites is 2. The molecule has 3 aromatic rings. The summed E-state index contributed by atoms with van der Waals surface area (Å²) in [5, 5.41) is 8.14. The number of rotatable bonds is 6. The van der Waals surface area contributed by atoms with Crippen molar-refractivity contribution in [2.75, 3.05) is 11.8 Å². The molecular weight excluding hydrogens is 368 g/mol. The van der Waals surface area contributed by atoms with E-state index < -0.39 is 10.0 Å². The molecule has 0 aliphatic heterocycles. The fraction of sp³-hybridized carbons (Fsp3) is 0.333. The summed E-state index contributed by atoms with van der Waals surface area (Å²) in [5.41, 5.74) is 1.92. The third-order valence-electron chi connectivity index (χ3n) is 4.57. The van der Waals surface area contributed by atoms with Crippen molar-refractivity contribution in [2.45, 2.75) is 37.5 Å². The van der Waals surface area contributed by atoms with E-state index in [1.54, 1.807) is 38.1 Å². The Morgan fingerprint density at radius 3 is 2.67 bits per heavy atom. The van der Waals surface area contributed by atoms with Crippen LogP contribution < -0.4 is 9.46 Å². The molecule has 0 saturated heterocycles. The fourth-order valence-corrected chi connectivity index (χ4v) is 4.62. The Kier molecular flexibility index (Phi) is 4.18. The highest BCUT2D eigenvalue weighted by Gasteiger charge is 2.31. The molecule has 2 N–H and O–H groups in total. The summed E-state index contributed by atoms with van der Waals surface area (Å²) in [6.07, 6.45) is 2.10. The highest BCUT2D eigenvalue weighted by atomic mass is 32.2. The Balaban J connectivity index is 1.71. The number of H-pyrrole nitrogens is 1. The van der Waals surface area contributed by atoms with E-state index >= 15 is 0 Å². The zero-order valence-electron chi connectivity index (χ0n) is 15.2. The van der Waals surface area contributed by atoms with Gasteiger partial charge in [0, 0.05) is 17.2 Å². The van der Waals surface area contributed by atoms with Gasteiger partial charge < -0.3 is 14.1 Å². The van der Waals surface area contributed by atoms with Gasteiger partial charge in [0.1, 0.15) is 16.3 Å². The summed E-state index contributed by atoms with van der Waals surface area (Å²) in [6, 6.07) is 6.85. The van der Waals surface area contributed by atoms with E-state index in [1.807, 2.05) is 0 Å². The van der Waals surface area contributed by atoms with Crippen molar-refractivity contribution >= 4 is 15.7 Å². The minimum absolute atomic E-state index is 0.162. The smallest absolute Gasteiger partial charge is 0.264 e. The van der Waals surface area contributed by atoms with E-state index in [9.17, 15) is 8.42 Å². The maximum absolute atomic E-state index is 13.0. The van der Waals surface area contributed by atoms with E-state index in [1.165, 1.54) is 7.11 Å². The van der Waals surface area contributed by atoms with Gasteiger partial charge in [-0.3, -0.25) is 4.72 Å². The topological polar surface area (TPSA) is 110 Å². The third-order valence-corrected chi connectivity index (χ3v) is 6.21. The lowest BCUT2D eigenvalue weighted by molar-refractivity contribution is 0.417. The van der Waals surface area contributed by atoms with Gasteiger partial charge in [0.2, 0.25) is 5.89 Å². The predicted molar refractivity (Wildman–Crippen MR) is 99.3 cm³/mol. The van der Waals surface area contributed by atoms with Crippen LogP contribution in [-0.2, 0) is 10.0 Å². The summed E-state index contributed by atoms with van der Waals surface area (Å²) < 4.78 is 39.6. The number of aryl methyl sites for hydroxylation is 1. The number of aromatic nitrogens is 3. The largest absolute Gasteiger partial charge is 0.495 e. The van der Waals surface area contributed by atoms with Crippen LogP contribution in [0.25, 0.3) is 11.6 Å². The molecule has 0 amide bonds. The van der Waals surface area contributed by atoms with Crippen LogP contribution in [0.5, 0.6) is 5.75 Å². The standard InChI is InChI=1S/C18H20N4O4S/c1-10-15(18-21-20-17(26-18)12-8-9-12)19-11(2)16(10)27(23,24)22-13-6-4-5-7-14(13)25-3/h4-7,12,19,22H,8-9H2,1-3H3. The minimum atomic E-state index is -3.84. The molecule has 2 heterocycles. The van der Waals surface area contributed by atoms with E-state index in [4.69, 9.17) is 9.15 Å². The summed E-state index contributed by atoms with van der Waals surface area (Å²) in [7, 11) is -2.35. The molecule has 1 aromatic carbocycles. The number of sulfonamides is 1. The molecule has 2 aromatic heterocycles. The first-order chi connectivity index (χ1) is 12.9. The number of anilines is 1. The average molecular weight is 388 g/mol. The molecule has 8 nitrogen and oxygen atoms in total. The molecule has 0 radical (unpaired) electrons. The monoisotopic (exact) mass is 388 g/mol. The van der Waals surface area contributed by atoms with Crippen molar-refractivity contribution < 1.29 is 17.6 Å². The Labute approximate surface area is 157 Å². The lowest BCUT2D eigenvalue weighted by atomic mass is 10.2. The van der Waals surface area contributed by atoms with E-state index in [0.29, 0.717) is 46.1 Å². The minimum Gasteiger partial charge on any atom is -0.495 e. The van der Waals surface area contributed by atoms with Crippen LogP contribution in [0.4, 0.5) is 5.69 Å². The molecule has 9 heteroatoms. The fourth-order valence-electron chi connectivity index (χ4n) is 3.11. The molecule has 0 spiro atoms. The number of nitrogens with zero attached hydrogens (tertiary/aromatic N) is 2. The van der Waals surface area contributed by atoms with Gasteiger partial charge in [-0.25, -0.2) is 8.42 Å². The van der Waals surface area contributed by atoms with Crippen LogP contribution in [0.1, 0.15) is 35.9 Å². The number of nitrogens with one attached hydrogen (secondary N) is 2. The van der Waals surface area contributed by atoms with E-state index in [2.05, 4.69) is 19.9 Å². The van der Waals surface area contributed by atoms with E-state index in [0.717, 1.165) is 12.8 Å². The Morgan fingerprint density at radius 2 is 1.96 bits per heavy atom. The Morgan fingerprint density at radius 1 is 1.22 bits per heavy atom. The molecule has 1 fully saturated rings. The molecule has 0 unspecified atom stereocenters. The molecule has 1 aliphatic rings. The van der Waals surface area contributed by atoms with Gasteiger partial charge >= 0.3 is 0 Å². The molecule has 4 rings (SSSR count). The first kappa shape index (κ1) is 17.6. The van der Waals surface area contributed by atoms with Crippen molar-refractivity contribution in [1.82, 2.24) is 15.2 Å². The maximum Gasteiger partial charge on any atom is 0.264 e. The molecule has 1 saturated carbocycles. The van der Waals surface area contributed by atoms with Crippen LogP contribution in [0.3, 0.4) is 0 Å². The molecular formula is C18H20N4O4S. The summed E-state index contributed by atoms with van der Waals surface area (Å²) in [4.78, 5) is 3.24. The van der Waals surface area contributed by atoms with Crippen molar-refractivity contribution in [3.8, 4) is 17.3 Å². The number of benzene rings is 1.